The Morgan fingerprint density at radius 1 is 1.24 bits per heavy atom. The van der Waals surface area contributed by atoms with E-state index in [1.54, 1.807) is 6.92 Å². The molecule has 2 unspecified atom stereocenters. The van der Waals surface area contributed by atoms with E-state index >= 15 is 0 Å². The zero-order valence-electron chi connectivity index (χ0n) is 19.7. The molecule has 0 aliphatic rings. The summed E-state index contributed by atoms with van der Waals surface area (Å²) in [5, 5.41) is 11.2. The van der Waals surface area contributed by atoms with Crippen LogP contribution in [0.5, 0.6) is 0 Å². The summed E-state index contributed by atoms with van der Waals surface area (Å²) in [5.41, 5.74) is -2.68. The van der Waals surface area contributed by atoms with Crippen molar-refractivity contribution in [1.29, 1.82) is 0 Å². The number of carbonyl (C=O) groups excluding carboxylic acids is 2. The average Bonchev–Trinajstić information content (AvgIpc) is 2.69. The number of ketones is 1. The summed E-state index contributed by atoms with van der Waals surface area (Å²) in [7, 11) is -2.10. The first kappa shape index (κ1) is 28.4. The van der Waals surface area contributed by atoms with E-state index in [0.29, 0.717) is 0 Å². The molecular weight excluding hydrogens is 461 g/mol. The minimum atomic E-state index is -2.14. The third-order valence-corrected chi connectivity index (χ3v) is 9.89. The van der Waals surface area contributed by atoms with E-state index < -0.39 is 65.7 Å². The molecule has 0 aliphatic heterocycles. The summed E-state index contributed by atoms with van der Waals surface area (Å²) in [6.07, 6.45) is 0.906. The fourth-order valence-corrected chi connectivity index (χ4v) is 3.50. The highest BCUT2D eigenvalue weighted by Crippen LogP contribution is 2.36. The molecule has 8 nitrogen and oxygen atoms in total. The summed E-state index contributed by atoms with van der Waals surface area (Å²) >= 11 is 0. The maximum absolute atomic E-state index is 14.0. The predicted molar refractivity (Wildman–Crippen MR) is 119 cm³/mol. The molecule has 184 valence electrons. The molecule has 2 atom stereocenters. The fourth-order valence-electron chi connectivity index (χ4n) is 2.41. The van der Waals surface area contributed by atoms with Crippen molar-refractivity contribution in [2.24, 2.45) is 10.9 Å². The molecule has 0 saturated carbocycles. The molecule has 1 aromatic rings. The number of ether oxygens (including phenoxy) is 1. The van der Waals surface area contributed by atoms with Crippen LogP contribution in [0.15, 0.2) is 11.1 Å². The second-order valence-electron chi connectivity index (χ2n) is 8.95. The number of carbonyl (C=O) groups is 2. The van der Waals surface area contributed by atoms with Gasteiger partial charge in [0, 0.05) is 6.21 Å². The Labute approximate surface area is 191 Å². The Bertz CT molecular complexity index is 947. The first-order chi connectivity index (χ1) is 15.0. The lowest BCUT2D eigenvalue weighted by atomic mass is 9.96. The number of esters is 1. The number of nitrogens with zero attached hydrogens (tertiary/aromatic N) is 2. The molecule has 0 heterocycles. The standard InChI is InChI=1S/C21H29F3N2O6Si/c1-8-31-20(28)14(10-25-12(2)11-32-33(6,7)21(3,4)5)19(27)13-9-15(22)16(23)17(24)18(13)26(29)30/h9-10,12,14H,8,11H2,1-7H3. The summed E-state index contributed by atoms with van der Waals surface area (Å²) in [5.74, 6) is -10.3. The highest BCUT2D eigenvalue weighted by Gasteiger charge is 2.38. The first-order valence-corrected chi connectivity index (χ1v) is 13.2. The highest BCUT2D eigenvalue weighted by atomic mass is 28.4. The van der Waals surface area contributed by atoms with Crippen molar-refractivity contribution in [2.45, 2.75) is 58.8 Å². The molecule has 12 heteroatoms. The lowest BCUT2D eigenvalue weighted by molar-refractivity contribution is -0.388. The Balaban J connectivity index is 3.29. The van der Waals surface area contributed by atoms with E-state index in [4.69, 9.17) is 9.16 Å². The minimum Gasteiger partial charge on any atom is -0.465 e. The van der Waals surface area contributed by atoms with Gasteiger partial charge in [-0.1, -0.05) is 20.8 Å². The smallest absolute Gasteiger partial charge is 0.322 e. The van der Waals surface area contributed by atoms with E-state index in [0.717, 1.165) is 6.21 Å². The molecule has 0 N–H and O–H groups in total. The number of Topliss-reactive ketones (excluding diaryl/α,β-unsaturated/α-hetero) is 1. The van der Waals surface area contributed by atoms with E-state index in [9.17, 15) is 32.9 Å². The molecule has 0 radical (unpaired) electrons. The van der Waals surface area contributed by atoms with Gasteiger partial charge in [0.1, 0.15) is 5.56 Å². The monoisotopic (exact) mass is 490 g/mol. The maximum Gasteiger partial charge on any atom is 0.322 e. The highest BCUT2D eigenvalue weighted by molar-refractivity contribution is 6.74. The van der Waals surface area contributed by atoms with Crippen molar-refractivity contribution in [2.75, 3.05) is 13.2 Å². The molecule has 0 aliphatic carbocycles. The predicted octanol–water partition coefficient (Wildman–Crippen LogP) is 4.86. The van der Waals surface area contributed by atoms with Crippen LogP contribution in [-0.4, -0.2) is 50.5 Å². The molecule has 0 saturated heterocycles. The van der Waals surface area contributed by atoms with E-state index in [2.05, 4.69) is 25.8 Å². The van der Waals surface area contributed by atoms with Crippen molar-refractivity contribution in [3.05, 3.63) is 39.2 Å². The topological polar surface area (TPSA) is 108 Å². The molecule has 1 rings (SSSR count). The molecule has 0 spiro atoms. The van der Waals surface area contributed by atoms with Crippen molar-refractivity contribution in [3.8, 4) is 0 Å². The van der Waals surface area contributed by atoms with Crippen LogP contribution in [0.25, 0.3) is 0 Å². The van der Waals surface area contributed by atoms with Gasteiger partial charge in [0.25, 0.3) is 0 Å². The number of benzene rings is 1. The zero-order chi connectivity index (χ0) is 25.7. The van der Waals surface area contributed by atoms with Crippen LogP contribution >= 0.6 is 0 Å². The lowest BCUT2D eigenvalue weighted by Crippen LogP contribution is -2.42. The van der Waals surface area contributed by atoms with Gasteiger partial charge in [-0.2, -0.15) is 4.39 Å². The minimum absolute atomic E-state index is 0.0600. The number of rotatable bonds is 10. The van der Waals surface area contributed by atoms with Crippen molar-refractivity contribution >= 4 is 32.0 Å². The second-order valence-corrected chi connectivity index (χ2v) is 13.8. The van der Waals surface area contributed by atoms with Crippen LogP contribution in [0, 0.1) is 33.5 Å². The Morgan fingerprint density at radius 2 is 1.82 bits per heavy atom. The zero-order valence-corrected chi connectivity index (χ0v) is 20.7. The second kappa shape index (κ2) is 11.0. The van der Waals surface area contributed by atoms with Crippen LogP contribution in [0.2, 0.25) is 18.1 Å². The molecule has 33 heavy (non-hydrogen) atoms. The van der Waals surface area contributed by atoms with Gasteiger partial charge in [-0.15, -0.1) is 0 Å². The number of aliphatic imine (C=N–C) groups is 1. The summed E-state index contributed by atoms with van der Waals surface area (Å²) in [6.45, 7) is 13.4. The molecule has 0 aromatic heterocycles. The third kappa shape index (κ3) is 6.94. The molecule has 1 aromatic carbocycles. The summed E-state index contributed by atoms with van der Waals surface area (Å²) < 4.78 is 52.1. The summed E-state index contributed by atoms with van der Waals surface area (Å²) in [4.78, 5) is 39.2. The number of hydrogen-bond donors (Lipinski definition) is 0. The van der Waals surface area contributed by atoms with Gasteiger partial charge in [0.2, 0.25) is 11.6 Å². The van der Waals surface area contributed by atoms with E-state index in [-0.39, 0.29) is 24.3 Å². The number of hydrogen-bond acceptors (Lipinski definition) is 7. The number of halogens is 3. The van der Waals surface area contributed by atoms with Crippen LogP contribution in [0.3, 0.4) is 0 Å². The fraction of sp³-hybridized carbons (Fsp3) is 0.571. The van der Waals surface area contributed by atoms with Gasteiger partial charge in [-0.25, -0.2) is 8.78 Å². The van der Waals surface area contributed by atoms with Crippen LogP contribution in [0.4, 0.5) is 18.9 Å². The van der Waals surface area contributed by atoms with Gasteiger partial charge in [-0.3, -0.25) is 24.7 Å². The SMILES string of the molecule is CCOC(=O)C(C=NC(C)CO[Si](C)(C)C(C)(C)C)C(=O)c1cc(F)c(F)c(F)c1[N+](=O)[O-]. The Kier molecular flexibility index (Phi) is 9.49. The van der Waals surface area contributed by atoms with Gasteiger partial charge in [0.15, 0.2) is 25.8 Å². The lowest BCUT2D eigenvalue weighted by Gasteiger charge is -2.36. The summed E-state index contributed by atoms with van der Waals surface area (Å²) in [6, 6.07) is -0.330. The molecule has 0 amide bonds. The Morgan fingerprint density at radius 3 is 2.30 bits per heavy atom. The van der Waals surface area contributed by atoms with Crippen LogP contribution in [-0.2, 0) is 14.0 Å². The van der Waals surface area contributed by atoms with Gasteiger partial charge in [0.05, 0.1) is 24.2 Å². The molecule has 0 bridgehead atoms. The number of nitro groups is 1. The van der Waals surface area contributed by atoms with E-state index in [1.165, 1.54) is 6.92 Å². The quantitative estimate of drug-likeness (QED) is 0.0678. The normalized spacial score (nSPS) is 14.2. The van der Waals surface area contributed by atoms with Crippen molar-refractivity contribution in [3.63, 3.8) is 0 Å². The van der Waals surface area contributed by atoms with Crippen molar-refractivity contribution < 1.29 is 36.8 Å². The van der Waals surface area contributed by atoms with Crippen LogP contribution < -0.4 is 0 Å². The Hall–Kier alpha value is -2.60. The molecular formula is C21H29F3N2O6Si. The van der Waals surface area contributed by atoms with Crippen LogP contribution in [0.1, 0.15) is 45.0 Å². The van der Waals surface area contributed by atoms with Gasteiger partial charge < -0.3 is 9.16 Å². The average molecular weight is 491 g/mol. The largest absolute Gasteiger partial charge is 0.465 e. The van der Waals surface area contributed by atoms with Crippen molar-refractivity contribution in [1.82, 2.24) is 0 Å². The van der Waals surface area contributed by atoms with E-state index in [1.807, 2.05) is 13.1 Å². The molecule has 0 fully saturated rings. The maximum atomic E-state index is 14.0. The van der Waals surface area contributed by atoms with Gasteiger partial charge in [-0.05, 0) is 38.0 Å². The number of nitro benzene ring substituents is 1. The van der Waals surface area contributed by atoms with Gasteiger partial charge >= 0.3 is 11.7 Å². The third-order valence-electron chi connectivity index (χ3n) is 5.39. The first-order valence-electron chi connectivity index (χ1n) is 10.2.